The Morgan fingerprint density at radius 1 is 0.933 bits per heavy atom. The highest BCUT2D eigenvalue weighted by molar-refractivity contribution is 4.98. The average molecular weight is 210 g/mol. The Morgan fingerprint density at radius 3 is 2.20 bits per heavy atom. The number of nitrogens with zero attached hydrogens (tertiary/aromatic N) is 2. The minimum Gasteiger partial charge on any atom is -0.306 e. The second kappa shape index (κ2) is 4.42. The van der Waals surface area contributed by atoms with Gasteiger partial charge < -0.3 is 4.90 Å². The second-order valence-electron chi connectivity index (χ2n) is 5.77. The van der Waals surface area contributed by atoms with Gasteiger partial charge in [0.2, 0.25) is 0 Å². The van der Waals surface area contributed by atoms with Gasteiger partial charge in [-0.1, -0.05) is 6.42 Å². The van der Waals surface area contributed by atoms with Crippen molar-refractivity contribution in [1.82, 2.24) is 9.80 Å². The van der Waals surface area contributed by atoms with Gasteiger partial charge in [-0.25, -0.2) is 0 Å². The summed E-state index contributed by atoms with van der Waals surface area (Å²) in [5, 5.41) is 0. The molecule has 15 heavy (non-hydrogen) atoms. The normalized spacial score (nSPS) is 28.8. The first-order valence-electron chi connectivity index (χ1n) is 6.59. The minimum absolute atomic E-state index is 0.568. The number of piperidine rings is 2. The lowest BCUT2D eigenvalue weighted by Gasteiger charge is -2.53. The molecule has 0 aromatic carbocycles. The summed E-state index contributed by atoms with van der Waals surface area (Å²) < 4.78 is 0. The largest absolute Gasteiger partial charge is 0.306 e. The van der Waals surface area contributed by atoms with E-state index in [0.29, 0.717) is 5.54 Å². The van der Waals surface area contributed by atoms with E-state index in [2.05, 4.69) is 30.7 Å². The summed E-state index contributed by atoms with van der Waals surface area (Å²) in [5.74, 6) is 0. The SMILES string of the molecule is CC(C)N1CCCCC12CCN(C)CC2. The first kappa shape index (κ1) is 11.4. The second-order valence-corrected chi connectivity index (χ2v) is 5.77. The first-order chi connectivity index (χ1) is 7.14. The van der Waals surface area contributed by atoms with Gasteiger partial charge in [0.15, 0.2) is 0 Å². The molecular formula is C13H26N2. The van der Waals surface area contributed by atoms with E-state index in [4.69, 9.17) is 0 Å². The fourth-order valence-electron chi connectivity index (χ4n) is 3.49. The highest BCUT2D eigenvalue weighted by atomic mass is 15.3. The molecule has 0 saturated carbocycles. The molecule has 0 bridgehead atoms. The molecule has 0 amide bonds. The van der Waals surface area contributed by atoms with Crippen molar-refractivity contribution in [3.05, 3.63) is 0 Å². The highest BCUT2D eigenvalue weighted by Crippen LogP contribution is 2.38. The quantitative estimate of drug-likeness (QED) is 0.655. The molecule has 0 unspecified atom stereocenters. The van der Waals surface area contributed by atoms with Crippen molar-refractivity contribution in [1.29, 1.82) is 0 Å². The Hall–Kier alpha value is -0.0800. The summed E-state index contributed by atoms with van der Waals surface area (Å²) in [6, 6.07) is 0.730. The van der Waals surface area contributed by atoms with E-state index in [-0.39, 0.29) is 0 Å². The molecule has 0 radical (unpaired) electrons. The maximum Gasteiger partial charge on any atom is 0.0236 e. The Morgan fingerprint density at radius 2 is 1.60 bits per heavy atom. The lowest BCUT2D eigenvalue weighted by atomic mass is 9.78. The molecule has 2 aliphatic heterocycles. The molecule has 0 aliphatic carbocycles. The highest BCUT2D eigenvalue weighted by Gasteiger charge is 2.41. The molecule has 88 valence electrons. The summed E-state index contributed by atoms with van der Waals surface area (Å²) in [6.45, 7) is 8.66. The van der Waals surface area contributed by atoms with Crippen LogP contribution in [0.5, 0.6) is 0 Å². The molecule has 0 aromatic heterocycles. The monoisotopic (exact) mass is 210 g/mol. The topological polar surface area (TPSA) is 6.48 Å². The summed E-state index contributed by atoms with van der Waals surface area (Å²) in [6.07, 6.45) is 7.09. The van der Waals surface area contributed by atoms with Crippen LogP contribution >= 0.6 is 0 Å². The van der Waals surface area contributed by atoms with Crippen LogP contribution in [0, 0.1) is 0 Å². The summed E-state index contributed by atoms with van der Waals surface area (Å²) in [4.78, 5) is 5.28. The zero-order valence-corrected chi connectivity index (χ0v) is 10.6. The molecule has 1 spiro atoms. The van der Waals surface area contributed by atoms with Crippen molar-refractivity contribution < 1.29 is 0 Å². The zero-order chi connectivity index (χ0) is 10.9. The lowest BCUT2D eigenvalue weighted by molar-refractivity contribution is -0.0229. The fraction of sp³-hybridized carbons (Fsp3) is 1.00. The van der Waals surface area contributed by atoms with Gasteiger partial charge in [0.05, 0.1) is 0 Å². The van der Waals surface area contributed by atoms with Crippen LogP contribution in [0.4, 0.5) is 0 Å². The van der Waals surface area contributed by atoms with Gasteiger partial charge in [0.1, 0.15) is 0 Å². The van der Waals surface area contributed by atoms with Crippen LogP contribution < -0.4 is 0 Å². The van der Waals surface area contributed by atoms with Gasteiger partial charge in [0, 0.05) is 11.6 Å². The van der Waals surface area contributed by atoms with Crippen molar-refractivity contribution in [2.45, 2.75) is 57.5 Å². The molecule has 2 fully saturated rings. The van der Waals surface area contributed by atoms with Gasteiger partial charge in [-0.2, -0.15) is 0 Å². The van der Waals surface area contributed by atoms with Crippen LogP contribution in [0.25, 0.3) is 0 Å². The maximum absolute atomic E-state index is 2.80. The van der Waals surface area contributed by atoms with E-state index in [1.807, 2.05) is 0 Å². The summed E-state index contributed by atoms with van der Waals surface area (Å²) in [5.41, 5.74) is 0.568. The summed E-state index contributed by atoms with van der Waals surface area (Å²) >= 11 is 0. The molecule has 2 aliphatic rings. The van der Waals surface area contributed by atoms with Crippen molar-refractivity contribution in [3.8, 4) is 0 Å². The average Bonchev–Trinajstić information content (AvgIpc) is 2.23. The van der Waals surface area contributed by atoms with Crippen molar-refractivity contribution in [2.75, 3.05) is 26.7 Å². The first-order valence-corrected chi connectivity index (χ1v) is 6.59. The molecule has 2 heteroatoms. The Kier molecular flexibility index (Phi) is 3.36. The van der Waals surface area contributed by atoms with Crippen LogP contribution in [0.15, 0.2) is 0 Å². The molecular weight excluding hydrogens is 184 g/mol. The minimum atomic E-state index is 0.568. The Bertz CT molecular complexity index is 205. The predicted octanol–water partition coefficient (Wildman–Crippen LogP) is 2.35. The van der Waals surface area contributed by atoms with Crippen LogP contribution in [0.1, 0.15) is 46.0 Å². The van der Waals surface area contributed by atoms with E-state index in [9.17, 15) is 0 Å². The zero-order valence-electron chi connectivity index (χ0n) is 10.6. The van der Waals surface area contributed by atoms with E-state index in [1.54, 1.807) is 0 Å². The van der Waals surface area contributed by atoms with E-state index < -0.39 is 0 Å². The van der Waals surface area contributed by atoms with Gasteiger partial charge in [-0.05, 0) is 66.2 Å². The van der Waals surface area contributed by atoms with Gasteiger partial charge >= 0.3 is 0 Å². The van der Waals surface area contributed by atoms with Crippen LogP contribution in [0.2, 0.25) is 0 Å². The summed E-state index contributed by atoms with van der Waals surface area (Å²) in [7, 11) is 2.26. The van der Waals surface area contributed by atoms with E-state index in [0.717, 1.165) is 6.04 Å². The Labute approximate surface area is 94.6 Å². The van der Waals surface area contributed by atoms with E-state index >= 15 is 0 Å². The molecule has 2 nitrogen and oxygen atoms in total. The number of hydrogen-bond acceptors (Lipinski definition) is 2. The van der Waals surface area contributed by atoms with Crippen LogP contribution in [0.3, 0.4) is 0 Å². The standard InChI is InChI=1S/C13H26N2/c1-12(2)15-9-5-4-6-13(15)7-10-14(3)11-8-13/h12H,4-11H2,1-3H3. The van der Waals surface area contributed by atoms with Gasteiger partial charge in [-0.3, -0.25) is 4.90 Å². The molecule has 0 N–H and O–H groups in total. The molecule has 0 aromatic rings. The Balaban J connectivity index is 2.08. The molecule has 2 rings (SSSR count). The molecule has 2 saturated heterocycles. The molecule has 0 atom stereocenters. The number of likely N-dealkylation sites (tertiary alicyclic amines) is 2. The van der Waals surface area contributed by atoms with Crippen LogP contribution in [-0.4, -0.2) is 48.1 Å². The predicted molar refractivity (Wildman–Crippen MR) is 65.2 cm³/mol. The van der Waals surface area contributed by atoms with E-state index in [1.165, 1.54) is 51.7 Å². The van der Waals surface area contributed by atoms with Crippen LogP contribution in [-0.2, 0) is 0 Å². The van der Waals surface area contributed by atoms with Crippen molar-refractivity contribution in [3.63, 3.8) is 0 Å². The lowest BCUT2D eigenvalue weighted by Crippen LogP contribution is -2.59. The van der Waals surface area contributed by atoms with Gasteiger partial charge in [0.25, 0.3) is 0 Å². The smallest absolute Gasteiger partial charge is 0.0236 e. The molecule has 2 heterocycles. The van der Waals surface area contributed by atoms with Crippen molar-refractivity contribution in [2.24, 2.45) is 0 Å². The third kappa shape index (κ3) is 2.21. The number of rotatable bonds is 1. The van der Waals surface area contributed by atoms with Crippen molar-refractivity contribution >= 4 is 0 Å². The number of hydrogen-bond donors (Lipinski definition) is 0. The third-order valence-corrected chi connectivity index (χ3v) is 4.44. The third-order valence-electron chi connectivity index (χ3n) is 4.44. The fourth-order valence-corrected chi connectivity index (χ4v) is 3.49. The maximum atomic E-state index is 2.80. The van der Waals surface area contributed by atoms with Gasteiger partial charge in [-0.15, -0.1) is 0 Å².